The van der Waals surface area contributed by atoms with Crippen molar-refractivity contribution in [2.24, 2.45) is 0 Å². The number of carbonyl (C=O) groups is 1. The van der Waals surface area contributed by atoms with Crippen LogP contribution in [0.2, 0.25) is 0 Å². The minimum absolute atomic E-state index is 0.105. The first kappa shape index (κ1) is 11.9. The van der Waals surface area contributed by atoms with Crippen LogP contribution >= 0.6 is 0 Å². The first-order chi connectivity index (χ1) is 9.16. The van der Waals surface area contributed by atoms with Crippen molar-refractivity contribution in [3.63, 3.8) is 0 Å². The van der Waals surface area contributed by atoms with Crippen molar-refractivity contribution in [3.8, 4) is 0 Å². The smallest absolute Gasteiger partial charge is 0.356 e. The number of ether oxygens (including phenoxy) is 1. The van der Waals surface area contributed by atoms with Crippen LogP contribution in [0.3, 0.4) is 0 Å². The van der Waals surface area contributed by atoms with Gasteiger partial charge < -0.3 is 14.2 Å². The molecular formula is C14H14N2O3. The number of aromatic nitrogens is 2. The Hall–Kier alpha value is -2.14. The molecule has 0 saturated carbocycles. The Labute approximate surface area is 110 Å². The van der Waals surface area contributed by atoms with Gasteiger partial charge in [0.05, 0.1) is 18.9 Å². The first-order valence-corrected chi connectivity index (χ1v) is 6.15. The molecule has 5 heteroatoms. The number of imidazole rings is 1. The Morgan fingerprint density at radius 3 is 3.11 bits per heavy atom. The summed E-state index contributed by atoms with van der Waals surface area (Å²) in [6.07, 6.45) is 4.80. The highest BCUT2D eigenvalue weighted by atomic mass is 16.5. The van der Waals surface area contributed by atoms with E-state index < -0.39 is 5.97 Å². The summed E-state index contributed by atoms with van der Waals surface area (Å²) >= 11 is 0. The molecule has 5 nitrogen and oxygen atoms in total. The maximum Gasteiger partial charge on any atom is 0.356 e. The topological polar surface area (TPSA) is 63.8 Å². The monoisotopic (exact) mass is 258 g/mol. The van der Waals surface area contributed by atoms with Gasteiger partial charge in [0.15, 0.2) is 5.69 Å². The molecule has 0 unspecified atom stereocenters. The van der Waals surface area contributed by atoms with E-state index in [-0.39, 0.29) is 5.69 Å². The number of nitrogens with zero attached hydrogens (tertiary/aromatic N) is 2. The third-order valence-electron chi connectivity index (χ3n) is 3.34. The molecule has 1 aliphatic heterocycles. The van der Waals surface area contributed by atoms with Crippen LogP contribution in [0.15, 0.2) is 23.9 Å². The quantitative estimate of drug-likeness (QED) is 0.896. The van der Waals surface area contributed by atoms with E-state index in [9.17, 15) is 4.79 Å². The summed E-state index contributed by atoms with van der Waals surface area (Å²) in [5.41, 5.74) is 3.57. The molecule has 98 valence electrons. The fourth-order valence-electron chi connectivity index (χ4n) is 2.33. The van der Waals surface area contributed by atoms with Crippen LogP contribution in [-0.2, 0) is 4.74 Å². The van der Waals surface area contributed by atoms with Gasteiger partial charge in [-0.1, -0.05) is 0 Å². The molecule has 0 aromatic carbocycles. The van der Waals surface area contributed by atoms with Crippen LogP contribution in [-0.4, -0.2) is 33.7 Å². The van der Waals surface area contributed by atoms with Gasteiger partial charge in [-0.3, -0.25) is 0 Å². The third kappa shape index (κ3) is 2.02. The fourth-order valence-corrected chi connectivity index (χ4v) is 2.33. The number of aryl methyl sites for hydroxylation is 1. The van der Waals surface area contributed by atoms with Gasteiger partial charge in [-0.15, -0.1) is 0 Å². The maximum atomic E-state index is 11.1. The maximum absolute atomic E-state index is 11.1. The molecule has 0 radical (unpaired) electrons. The highest BCUT2D eigenvalue weighted by molar-refractivity contribution is 5.88. The van der Waals surface area contributed by atoms with E-state index in [0.717, 1.165) is 18.6 Å². The summed E-state index contributed by atoms with van der Waals surface area (Å²) < 4.78 is 7.13. The average molecular weight is 258 g/mol. The number of carboxylic acid groups (broad SMARTS) is 1. The molecule has 2 aromatic heterocycles. The zero-order valence-corrected chi connectivity index (χ0v) is 10.6. The van der Waals surface area contributed by atoms with Crippen molar-refractivity contribution in [2.75, 3.05) is 13.2 Å². The largest absolute Gasteiger partial charge is 0.476 e. The van der Waals surface area contributed by atoms with Gasteiger partial charge in [-0.2, -0.15) is 0 Å². The third-order valence-corrected chi connectivity index (χ3v) is 3.34. The van der Waals surface area contributed by atoms with Crippen LogP contribution < -0.4 is 0 Å². The zero-order chi connectivity index (χ0) is 13.4. The molecule has 3 heterocycles. The van der Waals surface area contributed by atoms with E-state index in [1.54, 1.807) is 6.92 Å². The molecule has 0 bridgehead atoms. The average Bonchev–Trinajstić information content (AvgIpc) is 2.99. The van der Waals surface area contributed by atoms with Crippen molar-refractivity contribution >= 4 is 17.7 Å². The Morgan fingerprint density at radius 2 is 2.42 bits per heavy atom. The minimum Gasteiger partial charge on any atom is -0.476 e. The number of rotatable bonds is 2. The van der Waals surface area contributed by atoms with Crippen LogP contribution in [0.1, 0.15) is 28.2 Å². The van der Waals surface area contributed by atoms with E-state index in [4.69, 9.17) is 9.84 Å². The number of pyridine rings is 1. The van der Waals surface area contributed by atoms with Gasteiger partial charge in [0.25, 0.3) is 0 Å². The molecule has 1 fully saturated rings. The predicted molar refractivity (Wildman–Crippen MR) is 70.3 cm³/mol. The molecule has 0 amide bonds. The Kier molecular flexibility index (Phi) is 2.83. The fraction of sp³-hybridized carbons (Fsp3) is 0.286. The van der Waals surface area contributed by atoms with Gasteiger partial charge in [-0.25, -0.2) is 9.78 Å². The molecule has 0 spiro atoms. The van der Waals surface area contributed by atoms with Gasteiger partial charge in [0.2, 0.25) is 0 Å². The lowest BCUT2D eigenvalue weighted by Crippen LogP contribution is -1.99. The lowest BCUT2D eigenvalue weighted by atomic mass is 10.1. The summed E-state index contributed by atoms with van der Waals surface area (Å²) in [7, 11) is 0. The van der Waals surface area contributed by atoms with Crippen LogP contribution in [0.4, 0.5) is 0 Å². The summed E-state index contributed by atoms with van der Waals surface area (Å²) in [6, 6.07) is 3.84. The Balaban J connectivity index is 2.18. The summed E-state index contributed by atoms with van der Waals surface area (Å²) in [4.78, 5) is 15.4. The summed E-state index contributed by atoms with van der Waals surface area (Å²) in [5, 5.41) is 9.13. The van der Waals surface area contributed by atoms with Crippen LogP contribution in [0, 0.1) is 6.92 Å². The molecule has 0 aliphatic carbocycles. The second-order valence-electron chi connectivity index (χ2n) is 4.61. The van der Waals surface area contributed by atoms with Crippen molar-refractivity contribution in [1.29, 1.82) is 0 Å². The molecular weight excluding hydrogens is 244 g/mol. The number of carboxylic acids is 1. The standard InChI is InChI=1S/C14H14N2O3/c1-9-12(14(17)18)15-13-11(3-2-5-16(9)13)7-10-4-6-19-8-10/h2-3,5,7H,4,6,8H2,1H3,(H,17,18)/b10-7-. The van der Waals surface area contributed by atoms with Crippen molar-refractivity contribution in [3.05, 3.63) is 40.9 Å². The van der Waals surface area contributed by atoms with Gasteiger partial charge in [-0.05, 0) is 37.1 Å². The van der Waals surface area contributed by atoms with E-state index in [1.807, 2.05) is 28.8 Å². The van der Waals surface area contributed by atoms with E-state index in [0.29, 0.717) is 17.9 Å². The zero-order valence-electron chi connectivity index (χ0n) is 10.6. The van der Waals surface area contributed by atoms with Crippen molar-refractivity contribution < 1.29 is 14.6 Å². The van der Waals surface area contributed by atoms with Crippen LogP contribution in [0.5, 0.6) is 0 Å². The molecule has 3 rings (SSSR count). The van der Waals surface area contributed by atoms with Crippen molar-refractivity contribution in [1.82, 2.24) is 9.38 Å². The number of hydrogen-bond acceptors (Lipinski definition) is 3. The van der Waals surface area contributed by atoms with Crippen molar-refractivity contribution in [2.45, 2.75) is 13.3 Å². The molecule has 1 saturated heterocycles. The minimum atomic E-state index is -0.996. The van der Waals surface area contributed by atoms with Gasteiger partial charge in [0, 0.05) is 11.8 Å². The summed E-state index contributed by atoms with van der Waals surface area (Å²) in [5.74, 6) is -0.996. The predicted octanol–water partition coefficient (Wildman–Crippen LogP) is 2.14. The van der Waals surface area contributed by atoms with E-state index in [1.165, 1.54) is 5.57 Å². The second kappa shape index (κ2) is 4.51. The van der Waals surface area contributed by atoms with Crippen LogP contribution in [0.25, 0.3) is 11.7 Å². The molecule has 19 heavy (non-hydrogen) atoms. The lowest BCUT2D eigenvalue weighted by molar-refractivity contribution is 0.0690. The van der Waals surface area contributed by atoms with E-state index in [2.05, 4.69) is 4.98 Å². The number of fused-ring (bicyclic) bond motifs is 1. The molecule has 1 aliphatic rings. The molecule has 0 atom stereocenters. The van der Waals surface area contributed by atoms with E-state index >= 15 is 0 Å². The second-order valence-corrected chi connectivity index (χ2v) is 4.61. The highest BCUT2D eigenvalue weighted by Crippen LogP contribution is 2.21. The number of aromatic carboxylic acids is 1. The summed E-state index contributed by atoms with van der Waals surface area (Å²) in [6.45, 7) is 3.16. The Morgan fingerprint density at radius 1 is 1.58 bits per heavy atom. The highest BCUT2D eigenvalue weighted by Gasteiger charge is 2.16. The van der Waals surface area contributed by atoms with Gasteiger partial charge in [0.1, 0.15) is 5.65 Å². The molecule has 2 aromatic rings. The number of hydrogen-bond donors (Lipinski definition) is 1. The van der Waals surface area contributed by atoms with Gasteiger partial charge >= 0.3 is 5.97 Å². The molecule has 1 N–H and O–H groups in total. The SMILES string of the molecule is Cc1c(C(=O)O)nc2c(/C=C3/CCOC3)cccn12. The lowest BCUT2D eigenvalue weighted by Gasteiger charge is -2.00. The first-order valence-electron chi connectivity index (χ1n) is 6.15. The Bertz CT molecular complexity index is 677. The normalized spacial score (nSPS) is 17.4.